The normalized spacial score (nSPS) is 11.9. The fourth-order valence-corrected chi connectivity index (χ4v) is 2.87. The third-order valence-corrected chi connectivity index (χ3v) is 4.17. The van der Waals surface area contributed by atoms with Gasteiger partial charge in [-0.1, -0.05) is 25.4 Å². The first-order chi connectivity index (χ1) is 10.5. The molecule has 0 aromatic heterocycles. The molecule has 4 nitrogen and oxygen atoms in total. The van der Waals surface area contributed by atoms with E-state index in [9.17, 15) is 4.79 Å². The molecule has 0 N–H and O–H groups in total. The van der Waals surface area contributed by atoms with Crippen molar-refractivity contribution >= 4 is 17.4 Å². The second kappa shape index (κ2) is 8.89. The van der Waals surface area contributed by atoms with E-state index in [0.717, 1.165) is 18.4 Å². The van der Waals surface area contributed by atoms with Crippen LogP contribution in [0.2, 0.25) is 5.02 Å². The Morgan fingerprint density at radius 2 is 1.68 bits per heavy atom. The van der Waals surface area contributed by atoms with Crippen LogP contribution in [0.5, 0.6) is 17.2 Å². The number of ether oxygens (including phenoxy) is 3. The van der Waals surface area contributed by atoms with E-state index in [-0.39, 0.29) is 11.7 Å². The van der Waals surface area contributed by atoms with Crippen molar-refractivity contribution in [1.29, 1.82) is 0 Å². The van der Waals surface area contributed by atoms with Crippen LogP contribution in [0.4, 0.5) is 0 Å². The molecule has 0 aliphatic heterocycles. The minimum absolute atomic E-state index is 0.183. The molecule has 0 spiro atoms. The molecule has 1 aromatic rings. The molecule has 0 radical (unpaired) electrons. The average Bonchev–Trinajstić information content (AvgIpc) is 2.54. The molecular weight excluding hydrogens is 304 g/mol. The van der Waals surface area contributed by atoms with Crippen LogP contribution in [-0.2, 0) is 4.79 Å². The van der Waals surface area contributed by atoms with Crippen LogP contribution >= 0.6 is 11.6 Å². The van der Waals surface area contributed by atoms with E-state index in [2.05, 4.69) is 6.92 Å². The molecule has 5 heteroatoms. The Labute approximate surface area is 137 Å². The fourth-order valence-electron chi connectivity index (χ4n) is 2.59. The van der Waals surface area contributed by atoms with Crippen molar-refractivity contribution in [3.05, 3.63) is 16.7 Å². The number of hydrogen-bond acceptors (Lipinski definition) is 4. The zero-order valence-corrected chi connectivity index (χ0v) is 14.8. The van der Waals surface area contributed by atoms with Gasteiger partial charge >= 0.3 is 0 Å². The Balaban J connectivity index is 3.25. The van der Waals surface area contributed by atoms with Gasteiger partial charge in [0.05, 0.1) is 26.4 Å². The van der Waals surface area contributed by atoms with Gasteiger partial charge < -0.3 is 14.2 Å². The van der Waals surface area contributed by atoms with E-state index in [4.69, 9.17) is 25.8 Å². The number of carbonyl (C=O) groups excluding carboxylic acids is 1. The molecule has 22 heavy (non-hydrogen) atoms. The molecule has 0 saturated heterocycles. The van der Waals surface area contributed by atoms with Gasteiger partial charge in [0.25, 0.3) is 0 Å². The van der Waals surface area contributed by atoms with Crippen LogP contribution in [0.3, 0.4) is 0 Å². The Hall–Kier alpha value is -1.42. The highest BCUT2D eigenvalue weighted by Crippen LogP contribution is 2.48. The van der Waals surface area contributed by atoms with Crippen molar-refractivity contribution in [3.8, 4) is 17.2 Å². The summed E-state index contributed by atoms with van der Waals surface area (Å²) in [4.78, 5) is 11.6. The average molecular weight is 329 g/mol. The summed E-state index contributed by atoms with van der Waals surface area (Å²) < 4.78 is 16.3. The summed E-state index contributed by atoms with van der Waals surface area (Å²) >= 11 is 6.31. The van der Waals surface area contributed by atoms with Crippen LogP contribution in [0, 0.1) is 0 Å². The summed E-state index contributed by atoms with van der Waals surface area (Å²) in [6.45, 7) is 3.97. The lowest BCUT2D eigenvalue weighted by atomic mass is 9.89. The second-order valence-electron chi connectivity index (χ2n) is 5.08. The molecule has 1 rings (SSSR count). The molecule has 0 amide bonds. The van der Waals surface area contributed by atoms with E-state index >= 15 is 0 Å². The minimum Gasteiger partial charge on any atom is -0.492 e. The van der Waals surface area contributed by atoms with Gasteiger partial charge in [-0.25, -0.2) is 0 Å². The molecule has 0 aliphatic rings. The number of carbonyl (C=O) groups is 1. The predicted octanol–water partition coefficient (Wildman–Crippen LogP) is 4.62. The lowest BCUT2D eigenvalue weighted by molar-refractivity contribution is -0.118. The van der Waals surface area contributed by atoms with E-state index in [1.54, 1.807) is 21.3 Å². The molecule has 1 unspecified atom stereocenters. The molecule has 0 fully saturated rings. The van der Waals surface area contributed by atoms with Gasteiger partial charge in [0.2, 0.25) is 5.75 Å². The number of methoxy groups -OCH3 is 3. The molecule has 1 aromatic carbocycles. The van der Waals surface area contributed by atoms with E-state index < -0.39 is 0 Å². The summed E-state index contributed by atoms with van der Waals surface area (Å²) in [5.74, 6) is 2.03. The number of halogens is 1. The highest BCUT2D eigenvalue weighted by atomic mass is 35.5. The van der Waals surface area contributed by atoms with Crippen molar-refractivity contribution in [2.75, 3.05) is 21.3 Å². The topological polar surface area (TPSA) is 44.8 Å². The van der Waals surface area contributed by atoms with Gasteiger partial charge in [-0.2, -0.15) is 0 Å². The Morgan fingerprint density at radius 1 is 1.09 bits per heavy atom. The van der Waals surface area contributed by atoms with Gasteiger partial charge in [-0.3, -0.25) is 4.79 Å². The van der Waals surface area contributed by atoms with Gasteiger partial charge in [-0.05, 0) is 24.8 Å². The Bertz CT molecular complexity index is 514. The van der Waals surface area contributed by atoms with Gasteiger partial charge in [0, 0.05) is 18.4 Å². The number of benzene rings is 1. The number of Topliss-reactive ketones (excluding diaryl/α,β-unsaturated/α-hetero) is 1. The summed E-state index contributed by atoms with van der Waals surface area (Å²) in [5.41, 5.74) is 0.955. The van der Waals surface area contributed by atoms with E-state index in [1.807, 2.05) is 13.0 Å². The third kappa shape index (κ3) is 4.07. The zero-order chi connectivity index (χ0) is 16.7. The quantitative estimate of drug-likeness (QED) is 0.663. The third-order valence-electron chi connectivity index (χ3n) is 3.88. The summed E-state index contributed by atoms with van der Waals surface area (Å²) in [5, 5.41) is 0.482. The van der Waals surface area contributed by atoms with Crippen LogP contribution in [-0.4, -0.2) is 27.1 Å². The fraction of sp³-hybridized carbons (Fsp3) is 0.588. The molecule has 1 atom stereocenters. The first kappa shape index (κ1) is 18.6. The summed E-state index contributed by atoms with van der Waals surface area (Å²) in [6, 6.07) is 1.85. The lowest BCUT2D eigenvalue weighted by Crippen LogP contribution is -2.06. The monoisotopic (exact) mass is 328 g/mol. The van der Waals surface area contributed by atoms with Gasteiger partial charge in [-0.15, -0.1) is 0 Å². The standard InChI is InChI=1S/C17H25ClO4/c1-6-11(8-9-12(19)7-2)13-10-14(18)16(21-4)17(22-5)15(13)20-3/h10-11H,6-9H2,1-5H3. The zero-order valence-electron chi connectivity index (χ0n) is 14.0. The molecular formula is C17H25ClO4. The highest BCUT2D eigenvalue weighted by molar-refractivity contribution is 6.32. The number of ketones is 1. The Kier molecular flexibility index (Phi) is 7.52. The van der Waals surface area contributed by atoms with Crippen LogP contribution in [0.1, 0.15) is 51.0 Å². The second-order valence-corrected chi connectivity index (χ2v) is 5.49. The summed E-state index contributed by atoms with van der Waals surface area (Å²) in [7, 11) is 4.70. The van der Waals surface area contributed by atoms with Gasteiger partial charge in [0.1, 0.15) is 5.78 Å². The van der Waals surface area contributed by atoms with Crippen LogP contribution < -0.4 is 14.2 Å². The maximum Gasteiger partial charge on any atom is 0.205 e. The minimum atomic E-state index is 0.183. The predicted molar refractivity (Wildman–Crippen MR) is 88.7 cm³/mol. The SMILES string of the molecule is CCC(=O)CCC(CC)c1cc(Cl)c(OC)c(OC)c1OC. The van der Waals surface area contributed by atoms with E-state index in [0.29, 0.717) is 35.1 Å². The van der Waals surface area contributed by atoms with E-state index in [1.165, 1.54) is 0 Å². The molecule has 0 bridgehead atoms. The van der Waals surface area contributed by atoms with Crippen molar-refractivity contribution in [3.63, 3.8) is 0 Å². The van der Waals surface area contributed by atoms with Gasteiger partial charge in [0.15, 0.2) is 11.5 Å². The summed E-state index contributed by atoms with van der Waals surface area (Å²) in [6.07, 6.45) is 2.79. The molecule has 0 saturated carbocycles. The number of rotatable bonds is 9. The van der Waals surface area contributed by atoms with Crippen molar-refractivity contribution < 1.29 is 19.0 Å². The maximum atomic E-state index is 11.6. The number of hydrogen-bond donors (Lipinski definition) is 0. The maximum absolute atomic E-state index is 11.6. The first-order valence-electron chi connectivity index (χ1n) is 7.53. The smallest absolute Gasteiger partial charge is 0.205 e. The molecule has 0 aliphatic carbocycles. The van der Waals surface area contributed by atoms with Crippen molar-refractivity contribution in [2.24, 2.45) is 0 Å². The Morgan fingerprint density at radius 3 is 2.14 bits per heavy atom. The van der Waals surface area contributed by atoms with Crippen LogP contribution in [0.25, 0.3) is 0 Å². The van der Waals surface area contributed by atoms with Crippen molar-refractivity contribution in [2.45, 2.75) is 45.4 Å². The largest absolute Gasteiger partial charge is 0.492 e. The lowest BCUT2D eigenvalue weighted by Gasteiger charge is -2.22. The molecule has 124 valence electrons. The highest BCUT2D eigenvalue weighted by Gasteiger charge is 2.24. The van der Waals surface area contributed by atoms with Crippen molar-refractivity contribution in [1.82, 2.24) is 0 Å². The first-order valence-corrected chi connectivity index (χ1v) is 7.91. The molecule has 0 heterocycles. The van der Waals surface area contributed by atoms with Crippen LogP contribution in [0.15, 0.2) is 6.07 Å².